The van der Waals surface area contributed by atoms with Gasteiger partial charge in [-0.3, -0.25) is 0 Å². The van der Waals surface area contributed by atoms with Gasteiger partial charge in [0.05, 0.1) is 12.4 Å². The van der Waals surface area contributed by atoms with E-state index in [4.69, 9.17) is 4.74 Å². The van der Waals surface area contributed by atoms with Gasteiger partial charge in [-0.05, 0) is 0 Å². The fourth-order valence-corrected chi connectivity index (χ4v) is 2.11. The second-order valence-electron chi connectivity index (χ2n) is 3.42. The van der Waals surface area contributed by atoms with Crippen molar-refractivity contribution in [2.75, 3.05) is 25.5 Å². The zero-order chi connectivity index (χ0) is 10.7. The first-order valence-corrected chi connectivity index (χ1v) is 6.01. The van der Waals surface area contributed by atoms with E-state index in [2.05, 4.69) is 11.3 Å². The maximum Gasteiger partial charge on any atom is 0.215 e. The van der Waals surface area contributed by atoms with Crippen LogP contribution in [0, 0.1) is 0 Å². The molecule has 0 spiro atoms. The van der Waals surface area contributed by atoms with Crippen LogP contribution in [0.4, 0.5) is 0 Å². The minimum atomic E-state index is -3.34. The molecular weight excluding hydrogens is 206 g/mol. The quantitative estimate of drug-likeness (QED) is 0.599. The number of rotatable bonds is 5. The molecule has 1 heterocycles. The standard InChI is InChI=1S/C8H15NO4S/c1-2-5-14(11,12)9-6-8(10)3-4-13-7-8/h2,9-10H,1,3-7H2. The van der Waals surface area contributed by atoms with Crippen LogP contribution >= 0.6 is 0 Å². The molecule has 0 radical (unpaired) electrons. The van der Waals surface area contributed by atoms with Crippen LogP contribution in [0.25, 0.3) is 0 Å². The molecule has 14 heavy (non-hydrogen) atoms. The Morgan fingerprint density at radius 3 is 2.86 bits per heavy atom. The largest absolute Gasteiger partial charge is 0.386 e. The molecule has 2 N–H and O–H groups in total. The predicted molar refractivity (Wildman–Crippen MR) is 52.4 cm³/mol. The average Bonchev–Trinajstić information content (AvgIpc) is 2.50. The van der Waals surface area contributed by atoms with Crippen LogP contribution in [-0.4, -0.2) is 44.6 Å². The average molecular weight is 221 g/mol. The summed E-state index contributed by atoms with van der Waals surface area (Å²) in [6.45, 7) is 4.00. The molecule has 1 aliphatic heterocycles. The molecule has 5 nitrogen and oxygen atoms in total. The van der Waals surface area contributed by atoms with Gasteiger partial charge in [0.1, 0.15) is 5.60 Å². The third-order valence-corrected chi connectivity index (χ3v) is 3.30. The highest BCUT2D eigenvalue weighted by atomic mass is 32.2. The Bertz CT molecular complexity index is 292. The molecule has 1 saturated heterocycles. The molecular formula is C8H15NO4S. The first kappa shape index (κ1) is 11.6. The zero-order valence-electron chi connectivity index (χ0n) is 7.90. The Kier molecular flexibility index (Phi) is 3.65. The molecule has 0 aromatic rings. The van der Waals surface area contributed by atoms with Crippen molar-refractivity contribution in [1.29, 1.82) is 0 Å². The van der Waals surface area contributed by atoms with Gasteiger partial charge in [0.15, 0.2) is 0 Å². The Morgan fingerprint density at radius 2 is 2.36 bits per heavy atom. The number of hydrogen-bond donors (Lipinski definition) is 2. The molecule has 0 amide bonds. The topological polar surface area (TPSA) is 75.6 Å². The monoisotopic (exact) mass is 221 g/mol. The fourth-order valence-electron chi connectivity index (χ4n) is 1.19. The van der Waals surface area contributed by atoms with Gasteiger partial charge in [-0.1, -0.05) is 6.08 Å². The van der Waals surface area contributed by atoms with Crippen LogP contribution in [0.1, 0.15) is 6.42 Å². The molecule has 6 heteroatoms. The molecule has 1 unspecified atom stereocenters. The maximum absolute atomic E-state index is 11.2. The lowest BCUT2D eigenvalue weighted by Crippen LogP contribution is -2.43. The summed E-state index contributed by atoms with van der Waals surface area (Å²) in [6, 6.07) is 0. The van der Waals surface area contributed by atoms with E-state index >= 15 is 0 Å². The number of hydrogen-bond acceptors (Lipinski definition) is 4. The van der Waals surface area contributed by atoms with Gasteiger partial charge >= 0.3 is 0 Å². The molecule has 1 fully saturated rings. The van der Waals surface area contributed by atoms with E-state index in [1.165, 1.54) is 6.08 Å². The van der Waals surface area contributed by atoms with E-state index < -0.39 is 15.6 Å². The Balaban J connectivity index is 2.43. The lowest BCUT2D eigenvalue weighted by Gasteiger charge is -2.20. The summed E-state index contributed by atoms with van der Waals surface area (Å²) < 4.78 is 29.7. The van der Waals surface area contributed by atoms with Crippen LogP contribution in [0.2, 0.25) is 0 Å². The van der Waals surface area contributed by atoms with Crippen LogP contribution in [0.5, 0.6) is 0 Å². The van der Waals surface area contributed by atoms with Crippen molar-refractivity contribution in [3.63, 3.8) is 0 Å². The molecule has 1 atom stereocenters. The number of ether oxygens (including phenoxy) is 1. The van der Waals surface area contributed by atoms with E-state index in [0.717, 1.165) is 0 Å². The van der Waals surface area contributed by atoms with E-state index in [9.17, 15) is 13.5 Å². The smallest absolute Gasteiger partial charge is 0.215 e. The van der Waals surface area contributed by atoms with Crippen molar-refractivity contribution in [1.82, 2.24) is 4.72 Å². The number of aliphatic hydroxyl groups is 1. The molecule has 1 aliphatic rings. The van der Waals surface area contributed by atoms with Gasteiger partial charge in [-0.15, -0.1) is 6.58 Å². The Hall–Kier alpha value is -0.430. The summed E-state index contributed by atoms with van der Waals surface area (Å²) in [6.07, 6.45) is 1.77. The summed E-state index contributed by atoms with van der Waals surface area (Å²) >= 11 is 0. The van der Waals surface area contributed by atoms with Crippen molar-refractivity contribution in [3.05, 3.63) is 12.7 Å². The van der Waals surface area contributed by atoms with Gasteiger partial charge in [0, 0.05) is 19.6 Å². The van der Waals surface area contributed by atoms with Crippen LogP contribution < -0.4 is 4.72 Å². The van der Waals surface area contributed by atoms with Crippen molar-refractivity contribution in [3.8, 4) is 0 Å². The molecule has 82 valence electrons. The Morgan fingerprint density at radius 1 is 1.64 bits per heavy atom. The third kappa shape index (κ3) is 3.38. The van der Waals surface area contributed by atoms with Crippen LogP contribution in [0.15, 0.2) is 12.7 Å². The molecule has 0 bridgehead atoms. The molecule has 1 rings (SSSR count). The predicted octanol–water partition coefficient (Wildman–Crippen LogP) is -0.757. The lowest BCUT2D eigenvalue weighted by molar-refractivity contribution is 0.0315. The normalized spacial score (nSPS) is 27.8. The highest BCUT2D eigenvalue weighted by Crippen LogP contribution is 2.17. The highest BCUT2D eigenvalue weighted by molar-refractivity contribution is 7.89. The fraction of sp³-hybridized carbons (Fsp3) is 0.750. The van der Waals surface area contributed by atoms with E-state index in [0.29, 0.717) is 13.0 Å². The molecule has 0 aromatic heterocycles. The number of sulfonamides is 1. The SMILES string of the molecule is C=CCS(=O)(=O)NCC1(O)CCOC1. The first-order valence-electron chi connectivity index (χ1n) is 4.36. The summed E-state index contributed by atoms with van der Waals surface area (Å²) in [5, 5.41) is 9.75. The van der Waals surface area contributed by atoms with Gasteiger partial charge in [0.25, 0.3) is 0 Å². The Labute approximate surface area is 83.8 Å². The van der Waals surface area contributed by atoms with Crippen LogP contribution in [0.3, 0.4) is 0 Å². The van der Waals surface area contributed by atoms with Crippen molar-refractivity contribution >= 4 is 10.0 Å². The number of nitrogens with one attached hydrogen (secondary N) is 1. The highest BCUT2D eigenvalue weighted by Gasteiger charge is 2.33. The van der Waals surface area contributed by atoms with Crippen LogP contribution in [-0.2, 0) is 14.8 Å². The summed E-state index contributed by atoms with van der Waals surface area (Å²) in [4.78, 5) is 0. The van der Waals surface area contributed by atoms with Gasteiger partial charge in [-0.25, -0.2) is 13.1 Å². The minimum Gasteiger partial charge on any atom is -0.386 e. The van der Waals surface area contributed by atoms with E-state index in [-0.39, 0.29) is 18.9 Å². The van der Waals surface area contributed by atoms with E-state index in [1.54, 1.807) is 0 Å². The van der Waals surface area contributed by atoms with Crippen molar-refractivity contribution in [2.45, 2.75) is 12.0 Å². The molecule has 0 saturated carbocycles. The maximum atomic E-state index is 11.2. The van der Waals surface area contributed by atoms with Gasteiger partial charge in [-0.2, -0.15) is 0 Å². The van der Waals surface area contributed by atoms with Gasteiger partial charge in [0.2, 0.25) is 10.0 Å². The molecule has 0 aliphatic carbocycles. The second kappa shape index (κ2) is 4.39. The summed E-state index contributed by atoms with van der Waals surface area (Å²) in [5.74, 6) is -0.135. The molecule has 0 aromatic carbocycles. The summed E-state index contributed by atoms with van der Waals surface area (Å²) in [5.41, 5.74) is -1.05. The summed E-state index contributed by atoms with van der Waals surface area (Å²) in [7, 11) is -3.34. The zero-order valence-corrected chi connectivity index (χ0v) is 8.72. The first-order chi connectivity index (χ1) is 6.47. The third-order valence-electron chi connectivity index (χ3n) is 2.04. The lowest BCUT2D eigenvalue weighted by atomic mass is 10.1. The van der Waals surface area contributed by atoms with Crippen molar-refractivity contribution < 1.29 is 18.3 Å². The second-order valence-corrected chi connectivity index (χ2v) is 5.27. The van der Waals surface area contributed by atoms with Gasteiger partial charge < -0.3 is 9.84 Å². The van der Waals surface area contributed by atoms with Crippen molar-refractivity contribution in [2.24, 2.45) is 0 Å². The van der Waals surface area contributed by atoms with E-state index in [1.807, 2.05) is 0 Å². The minimum absolute atomic E-state index is 0.00315.